The number of nitrogens with zero attached hydrogens (tertiary/aromatic N) is 3. The van der Waals surface area contributed by atoms with Gasteiger partial charge in [-0.25, -0.2) is 4.98 Å². The molecule has 1 heterocycles. The van der Waals surface area contributed by atoms with E-state index in [1.54, 1.807) is 18.3 Å². The van der Waals surface area contributed by atoms with E-state index in [0.717, 1.165) is 24.5 Å². The molecule has 2 rings (SSSR count). The van der Waals surface area contributed by atoms with Crippen molar-refractivity contribution in [2.75, 3.05) is 6.54 Å². The molecular weight excluding hydrogens is 284 g/mol. The number of benzene rings is 1. The summed E-state index contributed by atoms with van der Waals surface area (Å²) in [6, 6.07) is 7.47. The molecule has 1 aromatic carbocycles. The minimum atomic E-state index is 0.577. The molecule has 2 aromatic rings. The lowest BCUT2D eigenvalue weighted by molar-refractivity contribution is 0.533. The second-order valence-electron chi connectivity index (χ2n) is 5.41. The van der Waals surface area contributed by atoms with Crippen LogP contribution < -0.4 is 5.32 Å². The molecule has 0 fully saturated rings. The molecule has 21 heavy (non-hydrogen) atoms. The van der Waals surface area contributed by atoms with Gasteiger partial charge >= 0.3 is 0 Å². The van der Waals surface area contributed by atoms with Gasteiger partial charge in [0.2, 0.25) is 0 Å². The maximum atomic E-state index is 8.86. The maximum absolute atomic E-state index is 8.86. The van der Waals surface area contributed by atoms with E-state index in [9.17, 15) is 0 Å². The summed E-state index contributed by atoms with van der Waals surface area (Å²) in [6.07, 6.45) is 3.74. The first kappa shape index (κ1) is 15.6. The van der Waals surface area contributed by atoms with Crippen molar-refractivity contribution in [1.29, 1.82) is 5.26 Å². The molecule has 0 aliphatic rings. The molecule has 0 atom stereocenters. The van der Waals surface area contributed by atoms with E-state index in [1.165, 1.54) is 0 Å². The highest BCUT2D eigenvalue weighted by Crippen LogP contribution is 2.19. The zero-order chi connectivity index (χ0) is 15.2. The third-order valence-corrected chi connectivity index (χ3v) is 3.51. The molecule has 0 bridgehead atoms. The van der Waals surface area contributed by atoms with E-state index in [4.69, 9.17) is 16.9 Å². The smallest absolute Gasteiger partial charge is 0.122 e. The van der Waals surface area contributed by atoms with Crippen molar-refractivity contribution in [3.63, 3.8) is 0 Å². The zero-order valence-corrected chi connectivity index (χ0v) is 13.1. The number of aromatic nitrogens is 2. The number of rotatable bonds is 6. The number of halogens is 1. The first-order chi connectivity index (χ1) is 10.1. The van der Waals surface area contributed by atoms with Gasteiger partial charge in [0.25, 0.3) is 0 Å². The molecule has 0 saturated heterocycles. The maximum Gasteiger partial charge on any atom is 0.122 e. The molecule has 0 amide bonds. The predicted octanol–water partition coefficient (Wildman–Crippen LogP) is 3.20. The highest BCUT2D eigenvalue weighted by molar-refractivity contribution is 6.31. The topological polar surface area (TPSA) is 53.6 Å². The van der Waals surface area contributed by atoms with E-state index in [-0.39, 0.29) is 0 Å². The predicted molar refractivity (Wildman–Crippen MR) is 84.0 cm³/mol. The Balaban J connectivity index is 2.07. The van der Waals surface area contributed by atoms with Gasteiger partial charge in [0.15, 0.2) is 0 Å². The van der Waals surface area contributed by atoms with Crippen LogP contribution in [0.25, 0.3) is 0 Å². The molecule has 0 unspecified atom stereocenters. The molecule has 0 radical (unpaired) electrons. The lowest BCUT2D eigenvalue weighted by Gasteiger charge is -2.11. The van der Waals surface area contributed by atoms with Crippen LogP contribution >= 0.6 is 11.6 Å². The molecule has 0 spiro atoms. The lowest BCUT2D eigenvalue weighted by Crippen LogP contribution is -2.21. The summed E-state index contributed by atoms with van der Waals surface area (Å²) in [5, 5.41) is 12.9. The monoisotopic (exact) mass is 302 g/mol. The molecule has 0 aliphatic carbocycles. The third kappa shape index (κ3) is 4.32. The zero-order valence-electron chi connectivity index (χ0n) is 12.3. The van der Waals surface area contributed by atoms with Crippen LogP contribution in [0.15, 0.2) is 30.6 Å². The van der Waals surface area contributed by atoms with Crippen LogP contribution in [0.5, 0.6) is 0 Å². The first-order valence-corrected chi connectivity index (χ1v) is 7.37. The Bertz CT molecular complexity index is 640. The summed E-state index contributed by atoms with van der Waals surface area (Å²) in [7, 11) is 0. The summed E-state index contributed by atoms with van der Waals surface area (Å²) in [6.45, 7) is 6.71. The average Bonchev–Trinajstić information content (AvgIpc) is 2.88. The average molecular weight is 303 g/mol. The van der Waals surface area contributed by atoms with Crippen LogP contribution in [0.3, 0.4) is 0 Å². The molecule has 0 saturated carbocycles. The van der Waals surface area contributed by atoms with Gasteiger partial charge in [-0.15, -0.1) is 0 Å². The van der Waals surface area contributed by atoms with Gasteiger partial charge < -0.3 is 9.88 Å². The highest BCUT2D eigenvalue weighted by atomic mass is 35.5. The Morgan fingerprint density at radius 1 is 1.43 bits per heavy atom. The Morgan fingerprint density at radius 2 is 2.24 bits per heavy atom. The number of imidazole rings is 1. The van der Waals surface area contributed by atoms with E-state index in [2.05, 4.69) is 34.8 Å². The normalized spacial score (nSPS) is 10.8. The number of hydrogen-bond donors (Lipinski definition) is 1. The highest BCUT2D eigenvalue weighted by Gasteiger charge is 2.07. The molecule has 4 nitrogen and oxygen atoms in total. The van der Waals surface area contributed by atoms with Crippen LogP contribution in [0.4, 0.5) is 0 Å². The fourth-order valence-electron chi connectivity index (χ4n) is 2.05. The van der Waals surface area contributed by atoms with Crippen LogP contribution in [-0.4, -0.2) is 16.1 Å². The summed E-state index contributed by atoms with van der Waals surface area (Å²) in [5.74, 6) is 1.59. The summed E-state index contributed by atoms with van der Waals surface area (Å²) >= 11 is 6.22. The van der Waals surface area contributed by atoms with Crippen molar-refractivity contribution in [2.45, 2.75) is 26.9 Å². The Kier molecular flexibility index (Phi) is 5.38. The first-order valence-electron chi connectivity index (χ1n) is 6.99. The Hall–Kier alpha value is -1.83. The standard InChI is InChI=1S/C16H19ClN4/c1-12(2)9-19-10-16-20-5-6-21(16)11-14-4-3-13(8-18)7-15(14)17/h3-7,12,19H,9-11H2,1-2H3. The molecule has 1 aromatic heterocycles. The van der Waals surface area contributed by atoms with Gasteiger partial charge in [-0.05, 0) is 30.2 Å². The number of nitriles is 1. The number of hydrogen-bond acceptors (Lipinski definition) is 3. The van der Waals surface area contributed by atoms with Gasteiger partial charge in [-0.2, -0.15) is 5.26 Å². The quantitative estimate of drug-likeness (QED) is 0.891. The summed E-state index contributed by atoms with van der Waals surface area (Å²) in [4.78, 5) is 4.38. The third-order valence-electron chi connectivity index (χ3n) is 3.16. The van der Waals surface area contributed by atoms with Crippen molar-refractivity contribution in [1.82, 2.24) is 14.9 Å². The van der Waals surface area contributed by atoms with Crippen molar-refractivity contribution < 1.29 is 0 Å². The van der Waals surface area contributed by atoms with Crippen molar-refractivity contribution >= 4 is 11.6 Å². The minimum absolute atomic E-state index is 0.577. The molecular formula is C16H19ClN4. The molecule has 0 aliphatic heterocycles. The van der Waals surface area contributed by atoms with Crippen molar-refractivity contribution in [3.8, 4) is 6.07 Å². The van der Waals surface area contributed by atoms with E-state index >= 15 is 0 Å². The van der Waals surface area contributed by atoms with Gasteiger partial charge in [-0.1, -0.05) is 31.5 Å². The van der Waals surface area contributed by atoms with E-state index in [0.29, 0.717) is 23.0 Å². The Labute approximate surface area is 130 Å². The largest absolute Gasteiger partial charge is 0.329 e. The fraction of sp³-hybridized carbons (Fsp3) is 0.375. The van der Waals surface area contributed by atoms with Crippen LogP contribution in [0.1, 0.15) is 30.8 Å². The van der Waals surface area contributed by atoms with Crippen LogP contribution in [-0.2, 0) is 13.1 Å². The second-order valence-corrected chi connectivity index (χ2v) is 5.82. The number of nitrogens with one attached hydrogen (secondary N) is 1. The Morgan fingerprint density at radius 3 is 2.90 bits per heavy atom. The second kappa shape index (κ2) is 7.26. The fourth-order valence-corrected chi connectivity index (χ4v) is 2.29. The van der Waals surface area contributed by atoms with Crippen molar-refractivity contribution in [2.24, 2.45) is 5.92 Å². The minimum Gasteiger partial charge on any atom is -0.329 e. The van der Waals surface area contributed by atoms with Gasteiger partial charge in [-0.3, -0.25) is 0 Å². The van der Waals surface area contributed by atoms with Gasteiger partial charge in [0.05, 0.1) is 24.7 Å². The van der Waals surface area contributed by atoms with E-state index < -0.39 is 0 Å². The van der Waals surface area contributed by atoms with Crippen LogP contribution in [0, 0.1) is 17.2 Å². The van der Waals surface area contributed by atoms with Crippen molar-refractivity contribution in [3.05, 3.63) is 52.6 Å². The van der Waals surface area contributed by atoms with Crippen LogP contribution in [0.2, 0.25) is 5.02 Å². The van der Waals surface area contributed by atoms with Gasteiger partial charge in [0, 0.05) is 17.4 Å². The van der Waals surface area contributed by atoms with E-state index in [1.807, 2.05) is 12.3 Å². The molecule has 5 heteroatoms. The van der Waals surface area contributed by atoms with Gasteiger partial charge in [0.1, 0.15) is 5.82 Å². The SMILES string of the molecule is CC(C)CNCc1nccn1Cc1ccc(C#N)cc1Cl. The lowest BCUT2D eigenvalue weighted by atomic mass is 10.1. The summed E-state index contributed by atoms with van der Waals surface area (Å²) in [5.41, 5.74) is 1.56. The molecule has 110 valence electrons. The molecule has 1 N–H and O–H groups in total. The summed E-state index contributed by atoms with van der Waals surface area (Å²) < 4.78 is 2.07.